The van der Waals surface area contributed by atoms with E-state index in [0.29, 0.717) is 17.0 Å². The molecule has 0 unspecified atom stereocenters. The fourth-order valence-corrected chi connectivity index (χ4v) is 3.94. The summed E-state index contributed by atoms with van der Waals surface area (Å²) < 4.78 is 0. The van der Waals surface area contributed by atoms with Gasteiger partial charge in [0.25, 0.3) is 11.8 Å². The predicted molar refractivity (Wildman–Crippen MR) is 107 cm³/mol. The van der Waals surface area contributed by atoms with Gasteiger partial charge in [-0.05, 0) is 61.9 Å². The summed E-state index contributed by atoms with van der Waals surface area (Å²) in [7, 11) is 0. The summed E-state index contributed by atoms with van der Waals surface area (Å²) in [6.45, 7) is 7.67. The van der Waals surface area contributed by atoms with Crippen molar-refractivity contribution in [1.82, 2.24) is 4.90 Å². The van der Waals surface area contributed by atoms with Crippen LogP contribution in [0.25, 0.3) is 5.57 Å². The largest absolute Gasteiger partial charge is 0.366 e. The number of carbonyl (C=O) groups excluding carboxylic acids is 2. The standard InChI is InChI=1S/C23H24N2O2/c1-15-10-11-18(14-17(15)3)20-21(24-12-6-7-13-24)23(27)25(22(20)26)19-9-5-4-8-16(19)2/h4-5,8-11,14H,6-7,12-13H2,1-3H3. The molecule has 0 aliphatic carbocycles. The third-order valence-corrected chi connectivity index (χ3v) is 5.63. The van der Waals surface area contributed by atoms with E-state index in [1.165, 1.54) is 10.5 Å². The maximum Gasteiger partial charge on any atom is 0.282 e. The first-order chi connectivity index (χ1) is 13.0. The Kier molecular flexibility index (Phi) is 4.34. The number of nitrogens with zero attached hydrogens (tertiary/aromatic N) is 2. The maximum atomic E-state index is 13.5. The van der Waals surface area contributed by atoms with Gasteiger partial charge in [-0.2, -0.15) is 0 Å². The third kappa shape index (κ3) is 2.85. The van der Waals surface area contributed by atoms with Crippen LogP contribution in [-0.2, 0) is 9.59 Å². The quantitative estimate of drug-likeness (QED) is 0.777. The van der Waals surface area contributed by atoms with Crippen LogP contribution in [-0.4, -0.2) is 29.8 Å². The van der Waals surface area contributed by atoms with Gasteiger partial charge in [-0.3, -0.25) is 9.59 Å². The van der Waals surface area contributed by atoms with E-state index in [0.717, 1.165) is 42.6 Å². The van der Waals surface area contributed by atoms with Crippen LogP contribution >= 0.6 is 0 Å². The van der Waals surface area contributed by atoms with Crippen molar-refractivity contribution >= 4 is 23.1 Å². The molecule has 2 amide bonds. The Labute approximate surface area is 160 Å². The highest BCUT2D eigenvalue weighted by Crippen LogP contribution is 2.37. The lowest BCUT2D eigenvalue weighted by atomic mass is 9.99. The zero-order valence-electron chi connectivity index (χ0n) is 16.1. The summed E-state index contributed by atoms with van der Waals surface area (Å²) in [4.78, 5) is 30.3. The van der Waals surface area contributed by atoms with Gasteiger partial charge >= 0.3 is 0 Å². The molecular formula is C23H24N2O2. The molecule has 0 saturated carbocycles. The van der Waals surface area contributed by atoms with Crippen molar-refractivity contribution in [3.05, 3.63) is 70.4 Å². The molecule has 0 bridgehead atoms. The van der Waals surface area contributed by atoms with E-state index < -0.39 is 0 Å². The molecule has 2 aromatic carbocycles. The molecule has 4 heteroatoms. The molecule has 0 radical (unpaired) electrons. The first-order valence-corrected chi connectivity index (χ1v) is 9.50. The molecule has 4 nitrogen and oxygen atoms in total. The van der Waals surface area contributed by atoms with Crippen LogP contribution in [0, 0.1) is 20.8 Å². The van der Waals surface area contributed by atoms with E-state index in [-0.39, 0.29) is 11.8 Å². The van der Waals surface area contributed by atoms with E-state index in [4.69, 9.17) is 0 Å². The van der Waals surface area contributed by atoms with Crippen molar-refractivity contribution in [1.29, 1.82) is 0 Å². The van der Waals surface area contributed by atoms with Gasteiger partial charge in [0.2, 0.25) is 0 Å². The minimum atomic E-state index is -0.223. The average molecular weight is 360 g/mol. The molecule has 2 heterocycles. The lowest BCUT2D eigenvalue weighted by Crippen LogP contribution is -2.34. The molecule has 27 heavy (non-hydrogen) atoms. The lowest BCUT2D eigenvalue weighted by molar-refractivity contribution is -0.120. The van der Waals surface area contributed by atoms with Crippen molar-refractivity contribution in [2.45, 2.75) is 33.6 Å². The SMILES string of the molecule is Cc1ccc(C2=C(N3CCCC3)C(=O)N(c3ccccc3C)C2=O)cc1C. The molecule has 138 valence electrons. The predicted octanol–water partition coefficient (Wildman–Crippen LogP) is 3.99. The van der Waals surface area contributed by atoms with Crippen molar-refractivity contribution in [3.63, 3.8) is 0 Å². The Morgan fingerprint density at radius 2 is 1.48 bits per heavy atom. The third-order valence-electron chi connectivity index (χ3n) is 5.63. The minimum Gasteiger partial charge on any atom is -0.366 e. The summed E-state index contributed by atoms with van der Waals surface area (Å²) in [6, 6.07) is 13.6. The number of aryl methyl sites for hydroxylation is 3. The summed E-state index contributed by atoms with van der Waals surface area (Å²) in [6.07, 6.45) is 2.10. The number of rotatable bonds is 3. The van der Waals surface area contributed by atoms with Crippen molar-refractivity contribution in [2.75, 3.05) is 18.0 Å². The summed E-state index contributed by atoms with van der Waals surface area (Å²) in [5.41, 5.74) is 5.81. The van der Waals surface area contributed by atoms with Crippen LogP contribution in [0.5, 0.6) is 0 Å². The molecule has 2 aromatic rings. The highest BCUT2D eigenvalue weighted by Gasteiger charge is 2.43. The number of hydrogen-bond donors (Lipinski definition) is 0. The maximum absolute atomic E-state index is 13.5. The van der Waals surface area contributed by atoms with E-state index in [2.05, 4.69) is 11.8 Å². The van der Waals surface area contributed by atoms with Crippen molar-refractivity contribution in [2.24, 2.45) is 0 Å². The fraction of sp³-hybridized carbons (Fsp3) is 0.304. The van der Waals surface area contributed by atoms with Gasteiger partial charge < -0.3 is 4.90 Å². The van der Waals surface area contributed by atoms with Gasteiger partial charge in [0.1, 0.15) is 5.70 Å². The number of para-hydroxylation sites is 1. The number of likely N-dealkylation sites (tertiary alicyclic amines) is 1. The first-order valence-electron chi connectivity index (χ1n) is 9.50. The van der Waals surface area contributed by atoms with Crippen LogP contribution in [0.4, 0.5) is 5.69 Å². The van der Waals surface area contributed by atoms with Crippen molar-refractivity contribution < 1.29 is 9.59 Å². The number of amides is 2. The Balaban J connectivity index is 1.88. The highest BCUT2D eigenvalue weighted by atomic mass is 16.2. The van der Waals surface area contributed by atoms with E-state index >= 15 is 0 Å². The molecule has 0 aromatic heterocycles. The molecule has 0 spiro atoms. The van der Waals surface area contributed by atoms with E-state index in [1.807, 2.05) is 56.3 Å². The number of anilines is 1. The molecule has 4 rings (SSSR count). The summed E-state index contributed by atoms with van der Waals surface area (Å²) >= 11 is 0. The fourth-order valence-electron chi connectivity index (χ4n) is 3.94. The van der Waals surface area contributed by atoms with Gasteiger partial charge in [0.15, 0.2) is 0 Å². The number of benzene rings is 2. The van der Waals surface area contributed by atoms with Crippen molar-refractivity contribution in [3.8, 4) is 0 Å². The molecular weight excluding hydrogens is 336 g/mol. The Morgan fingerprint density at radius 3 is 2.15 bits per heavy atom. The summed E-state index contributed by atoms with van der Waals surface area (Å²) in [5, 5.41) is 0. The minimum absolute atomic E-state index is 0.204. The zero-order valence-corrected chi connectivity index (χ0v) is 16.1. The lowest BCUT2D eigenvalue weighted by Gasteiger charge is -2.21. The zero-order chi connectivity index (χ0) is 19.1. The number of hydrogen-bond acceptors (Lipinski definition) is 3. The molecule has 2 aliphatic heterocycles. The van der Waals surface area contributed by atoms with Crippen LogP contribution in [0.15, 0.2) is 48.2 Å². The summed E-state index contributed by atoms with van der Waals surface area (Å²) in [5.74, 6) is -0.427. The Morgan fingerprint density at radius 1 is 0.778 bits per heavy atom. The van der Waals surface area contributed by atoms with E-state index in [1.54, 1.807) is 0 Å². The van der Waals surface area contributed by atoms with Gasteiger partial charge in [-0.15, -0.1) is 0 Å². The molecule has 0 N–H and O–H groups in total. The monoisotopic (exact) mass is 360 g/mol. The Bertz CT molecular complexity index is 968. The van der Waals surface area contributed by atoms with Crippen LogP contribution in [0.2, 0.25) is 0 Å². The topological polar surface area (TPSA) is 40.6 Å². The van der Waals surface area contributed by atoms with Crippen LogP contribution in [0.1, 0.15) is 35.1 Å². The van der Waals surface area contributed by atoms with Crippen LogP contribution in [0.3, 0.4) is 0 Å². The average Bonchev–Trinajstić information content (AvgIpc) is 3.25. The van der Waals surface area contributed by atoms with Gasteiger partial charge in [0, 0.05) is 13.1 Å². The first kappa shape index (κ1) is 17.5. The normalized spacial score (nSPS) is 17.4. The molecule has 1 fully saturated rings. The molecule has 0 atom stereocenters. The smallest absolute Gasteiger partial charge is 0.282 e. The van der Waals surface area contributed by atoms with Crippen LogP contribution < -0.4 is 4.90 Å². The Hall–Kier alpha value is -2.88. The highest BCUT2D eigenvalue weighted by molar-refractivity contribution is 6.45. The number of carbonyl (C=O) groups is 2. The second kappa shape index (κ2) is 6.69. The van der Waals surface area contributed by atoms with E-state index in [9.17, 15) is 9.59 Å². The molecule has 2 aliphatic rings. The van der Waals surface area contributed by atoms with Gasteiger partial charge in [-0.1, -0.05) is 36.4 Å². The second-order valence-corrected chi connectivity index (χ2v) is 7.45. The number of imide groups is 1. The van der Waals surface area contributed by atoms with Gasteiger partial charge in [-0.25, -0.2) is 4.90 Å². The van der Waals surface area contributed by atoms with Gasteiger partial charge in [0.05, 0.1) is 11.3 Å². The molecule has 1 saturated heterocycles. The second-order valence-electron chi connectivity index (χ2n) is 7.45.